The molecule has 132 valence electrons. The fourth-order valence-corrected chi connectivity index (χ4v) is 3.28. The number of nitrogens with one attached hydrogen (secondary N) is 1. The Morgan fingerprint density at radius 3 is 2.92 bits per heavy atom. The number of nitrogens with zero attached hydrogens (tertiary/aromatic N) is 2. The first kappa shape index (κ1) is 16.5. The van der Waals surface area contributed by atoms with E-state index < -0.39 is 0 Å². The number of hydrogen-bond donors (Lipinski definition) is 1. The Bertz CT molecular complexity index is 1010. The first-order valence-electron chi connectivity index (χ1n) is 8.63. The monoisotopic (exact) mass is 349 g/mol. The first-order chi connectivity index (χ1) is 12.7. The van der Waals surface area contributed by atoms with Crippen LogP contribution in [0, 0.1) is 0 Å². The molecule has 1 N–H and O–H groups in total. The SMILES string of the molecule is O=C(Cn1ncc2ccccc2c1=O)NC[C@H]1OCCc2ccccc21. The highest BCUT2D eigenvalue weighted by Crippen LogP contribution is 2.26. The molecular weight excluding hydrogens is 330 g/mol. The average Bonchev–Trinajstić information content (AvgIpc) is 2.69. The van der Waals surface area contributed by atoms with Gasteiger partial charge in [0, 0.05) is 11.9 Å². The maximum Gasteiger partial charge on any atom is 0.275 e. The molecule has 3 aromatic rings. The Balaban J connectivity index is 1.44. The van der Waals surface area contributed by atoms with E-state index in [2.05, 4.69) is 16.5 Å². The minimum absolute atomic E-state index is 0.113. The topological polar surface area (TPSA) is 73.2 Å². The van der Waals surface area contributed by atoms with Gasteiger partial charge in [-0.3, -0.25) is 9.59 Å². The lowest BCUT2D eigenvalue weighted by molar-refractivity contribution is -0.122. The number of aromatic nitrogens is 2. The maximum absolute atomic E-state index is 12.4. The minimum atomic E-state index is -0.266. The molecule has 4 rings (SSSR count). The largest absolute Gasteiger partial charge is 0.371 e. The van der Waals surface area contributed by atoms with Gasteiger partial charge >= 0.3 is 0 Å². The predicted octanol–water partition coefficient (Wildman–Crippen LogP) is 1.83. The van der Waals surface area contributed by atoms with Gasteiger partial charge in [-0.05, 0) is 23.6 Å². The number of carbonyl (C=O) groups excluding carboxylic acids is 1. The molecule has 2 aromatic carbocycles. The van der Waals surface area contributed by atoms with E-state index in [1.165, 1.54) is 10.2 Å². The van der Waals surface area contributed by atoms with E-state index in [1.807, 2.05) is 30.3 Å². The van der Waals surface area contributed by atoms with Crippen LogP contribution in [0.1, 0.15) is 17.2 Å². The van der Waals surface area contributed by atoms with Crippen molar-refractivity contribution in [1.82, 2.24) is 15.1 Å². The van der Waals surface area contributed by atoms with Crippen LogP contribution in [0.4, 0.5) is 0 Å². The van der Waals surface area contributed by atoms with Crippen molar-refractivity contribution in [2.45, 2.75) is 19.1 Å². The second-order valence-corrected chi connectivity index (χ2v) is 6.31. The Kier molecular flexibility index (Phi) is 4.50. The highest BCUT2D eigenvalue weighted by atomic mass is 16.5. The molecule has 1 amide bonds. The molecular formula is C20H19N3O3. The molecule has 26 heavy (non-hydrogen) atoms. The fraction of sp³-hybridized carbons (Fsp3) is 0.250. The maximum atomic E-state index is 12.4. The third-order valence-electron chi connectivity index (χ3n) is 4.63. The minimum Gasteiger partial charge on any atom is -0.371 e. The molecule has 1 aliphatic heterocycles. The Hall–Kier alpha value is -2.99. The van der Waals surface area contributed by atoms with Crippen LogP contribution in [0.3, 0.4) is 0 Å². The quantitative estimate of drug-likeness (QED) is 0.780. The summed E-state index contributed by atoms with van der Waals surface area (Å²) in [6.07, 6.45) is 2.33. The molecule has 0 spiro atoms. The van der Waals surface area contributed by atoms with E-state index in [4.69, 9.17) is 4.74 Å². The number of fused-ring (bicyclic) bond motifs is 2. The van der Waals surface area contributed by atoms with Crippen LogP contribution in [0.2, 0.25) is 0 Å². The molecule has 2 heterocycles. The van der Waals surface area contributed by atoms with Gasteiger partial charge in [-0.1, -0.05) is 42.5 Å². The van der Waals surface area contributed by atoms with Crippen LogP contribution < -0.4 is 10.9 Å². The molecule has 0 unspecified atom stereocenters. The number of benzene rings is 2. The molecule has 0 saturated heterocycles. The summed E-state index contributed by atoms with van der Waals surface area (Å²) in [7, 11) is 0. The molecule has 6 nitrogen and oxygen atoms in total. The Morgan fingerprint density at radius 2 is 2.00 bits per heavy atom. The van der Waals surface area contributed by atoms with E-state index in [-0.39, 0.29) is 24.1 Å². The van der Waals surface area contributed by atoms with Crippen molar-refractivity contribution in [2.24, 2.45) is 0 Å². The van der Waals surface area contributed by atoms with Gasteiger partial charge in [0.1, 0.15) is 12.6 Å². The molecule has 0 aliphatic carbocycles. The number of carbonyl (C=O) groups is 1. The summed E-state index contributed by atoms with van der Waals surface area (Å²) in [4.78, 5) is 24.7. The van der Waals surface area contributed by atoms with Gasteiger partial charge in [0.05, 0.1) is 18.2 Å². The Labute approximate surface area is 150 Å². The molecule has 0 bridgehead atoms. The van der Waals surface area contributed by atoms with Gasteiger partial charge in [0.15, 0.2) is 0 Å². The third-order valence-corrected chi connectivity index (χ3v) is 4.63. The van der Waals surface area contributed by atoms with E-state index in [9.17, 15) is 9.59 Å². The van der Waals surface area contributed by atoms with Crippen molar-refractivity contribution in [3.8, 4) is 0 Å². The second-order valence-electron chi connectivity index (χ2n) is 6.31. The molecule has 0 saturated carbocycles. The summed E-state index contributed by atoms with van der Waals surface area (Å²) in [5.41, 5.74) is 2.10. The summed E-state index contributed by atoms with van der Waals surface area (Å²) >= 11 is 0. The van der Waals surface area contributed by atoms with Gasteiger partial charge in [-0.25, -0.2) is 4.68 Å². The standard InChI is InChI=1S/C20H19N3O3/c24-19(13-23-20(25)17-8-4-2-6-15(17)11-22-23)21-12-18-16-7-3-1-5-14(16)9-10-26-18/h1-8,11,18H,9-10,12-13H2,(H,21,24)/t18-/m1/s1. The van der Waals surface area contributed by atoms with E-state index in [1.54, 1.807) is 18.3 Å². The lowest BCUT2D eigenvalue weighted by Crippen LogP contribution is -2.37. The lowest BCUT2D eigenvalue weighted by Gasteiger charge is -2.26. The van der Waals surface area contributed by atoms with Gasteiger partial charge in [-0.15, -0.1) is 0 Å². The lowest BCUT2D eigenvalue weighted by atomic mass is 9.97. The molecule has 1 aromatic heterocycles. The highest BCUT2D eigenvalue weighted by molar-refractivity contribution is 5.81. The number of hydrogen-bond acceptors (Lipinski definition) is 4. The molecule has 6 heteroatoms. The molecule has 1 aliphatic rings. The molecule has 0 radical (unpaired) electrons. The number of rotatable bonds is 4. The zero-order valence-electron chi connectivity index (χ0n) is 14.2. The van der Waals surface area contributed by atoms with Crippen molar-refractivity contribution in [3.63, 3.8) is 0 Å². The van der Waals surface area contributed by atoms with Crippen LogP contribution in [0.15, 0.2) is 59.5 Å². The predicted molar refractivity (Wildman–Crippen MR) is 97.9 cm³/mol. The van der Waals surface area contributed by atoms with E-state index in [0.717, 1.165) is 17.4 Å². The van der Waals surface area contributed by atoms with Gasteiger partial charge in [0.2, 0.25) is 5.91 Å². The fourth-order valence-electron chi connectivity index (χ4n) is 3.28. The summed E-state index contributed by atoms with van der Waals surface area (Å²) < 4.78 is 6.98. The zero-order valence-corrected chi connectivity index (χ0v) is 14.2. The smallest absolute Gasteiger partial charge is 0.275 e. The van der Waals surface area contributed by atoms with Gasteiger partial charge in [0.25, 0.3) is 5.56 Å². The van der Waals surface area contributed by atoms with Gasteiger partial charge in [-0.2, -0.15) is 5.10 Å². The average molecular weight is 349 g/mol. The summed E-state index contributed by atoms with van der Waals surface area (Å²) in [6, 6.07) is 15.3. The van der Waals surface area contributed by atoms with Crippen molar-refractivity contribution in [3.05, 3.63) is 76.2 Å². The van der Waals surface area contributed by atoms with E-state index in [0.29, 0.717) is 18.5 Å². The van der Waals surface area contributed by atoms with Crippen LogP contribution in [0.25, 0.3) is 10.8 Å². The van der Waals surface area contributed by atoms with E-state index >= 15 is 0 Å². The van der Waals surface area contributed by atoms with Crippen molar-refractivity contribution in [1.29, 1.82) is 0 Å². The van der Waals surface area contributed by atoms with Crippen LogP contribution in [-0.2, 0) is 22.5 Å². The summed E-state index contributed by atoms with van der Waals surface area (Å²) in [5, 5.41) is 8.26. The van der Waals surface area contributed by atoms with Crippen LogP contribution >= 0.6 is 0 Å². The van der Waals surface area contributed by atoms with Crippen molar-refractivity contribution >= 4 is 16.7 Å². The van der Waals surface area contributed by atoms with Crippen LogP contribution in [0.5, 0.6) is 0 Å². The third kappa shape index (κ3) is 3.23. The van der Waals surface area contributed by atoms with Crippen molar-refractivity contribution < 1.29 is 9.53 Å². The summed E-state index contributed by atoms with van der Waals surface area (Å²) in [5.74, 6) is -0.262. The molecule has 1 atom stereocenters. The number of amides is 1. The first-order valence-corrected chi connectivity index (χ1v) is 8.63. The molecule has 0 fully saturated rings. The van der Waals surface area contributed by atoms with Gasteiger partial charge < -0.3 is 10.1 Å². The Morgan fingerprint density at radius 1 is 1.19 bits per heavy atom. The van der Waals surface area contributed by atoms with Crippen LogP contribution in [-0.4, -0.2) is 28.8 Å². The van der Waals surface area contributed by atoms with Crippen molar-refractivity contribution in [2.75, 3.05) is 13.2 Å². The highest BCUT2D eigenvalue weighted by Gasteiger charge is 2.21. The summed E-state index contributed by atoms with van der Waals surface area (Å²) in [6.45, 7) is 0.902. The number of ether oxygens (including phenoxy) is 1. The zero-order chi connectivity index (χ0) is 17.9. The normalized spacial score (nSPS) is 16.2. The second kappa shape index (κ2) is 7.09.